The van der Waals surface area contributed by atoms with Gasteiger partial charge in [-0.1, -0.05) is 0 Å². The molecule has 0 rings (SSSR count). The predicted octanol–water partition coefficient (Wildman–Crippen LogP) is -1.17. The van der Waals surface area contributed by atoms with Crippen molar-refractivity contribution in [3.05, 3.63) is 0 Å². The minimum Gasteiger partial charge on any atom is -0.208 e. The standard InChI is InChI=1S/CH3NSi.Ti/c2-1-3;/h3H3;. The van der Waals surface area contributed by atoms with Crippen LogP contribution in [0.4, 0.5) is 0 Å². The Morgan fingerprint density at radius 3 is 1.75 bits per heavy atom. The normalized spacial score (nSPS) is 2.75. The Balaban J connectivity index is 0. The van der Waals surface area contributed by atoms with Crippen molar-refractivity contribution in [2.45, 2.75) is 0 Å². The maximum atomic E-state index is 7.38. The second kappa shape index (κ2) is 9.93. The molecule has 0 aromatic heterocycles. The van der Waals surface area contributed by atoms with E-state index in [4.69, 9.17) is 5.26 Å². The fourth-order valence-corrected chi connectivity index (χ4v) is 0. The molecule has 0 fully saturated rings. The van der Waals surface area contributed by atoms with E-state index in [1.165, 1.54) is 0 Å². The molecule has 0 atom stereocenters. The summed E-state index contributed by atoms with van der Waals surface area (Å²) in [6.45, 7) is 0. The fraction of sp³-hybridized carbons (Fsp3) is 0. The third-order valence-electron chi connectivity index (χ3n) is 0. The Hall–Kier alpha value is 0.421. The van der Waals surface area contributed by atoms with Crippen LogP contribution < -0.4 is 0 Å². The van der Waals surface area contributed by atoms with Gasteiger partial charge >= 0.3 is 0 Å². The van der Waals surface area contributed by atoms with Crippen LogP contribution in [0, 0.1) is 11.0 Å². The molecule has 0 aromatic carbocycles. The Morgan fingerprint density at radius 1 is 1.75 bits per heavy atom. The maximum Gasteiger partial charge on any atom is 0.126 e. The van der Waals surface area contributed by atoms with Gasteiger partial charge in [-0.15, -0.1) is 0 Å². The Kier molecular flexibility index (Phi) is 21.9. The molecule has 0 aliphatic carbocycles. The minimum atomic E-state index is 0. The predicted molar refractivity (Wildman–Crippen MR) is 15.6 cm³/mol. The minimum absolute atomic E-state index is 0. The molecule has 0 unspecified atom stereocenters. The van der Waals surface area contributed by atoms with E-state index in [1.807, 2.05) is 5.69 Å². The first kappa shape index (κ1) is 8.83. The van der Waals surface area contributed by atoms with E-state index in [1.54, 1.807) is 0 Å². The Morgan fingerprint density at radius 2 is 1.75 bits per heavy atom. The maximum absolute atomic E-state index is 7.38. The first-order valence-electron chi connectivity index (χ1n) is 0.724. The summed E-state index contributed by atoms with van der Waals surface area (Å²) in [5.74, 6) is 0. The molecule has 1 nitrogen and oxygen atoms in total. The van der Waals surface area contributed by atoms with Crippen LogP contribution >= 0.6 is 0 Å². The van der Waals surface area contributed by atoms with E-state index in [-0.39, 0.29) is 21.7 Å². The van der Waals surface area contributed by atoms with Crippen LogP contribution in [-0.2, 0) is 21.7 Å². The smallest absolute Gasteiger partial charge is 0.126 e. The Bertz CT molecular complexity index is 29.5. The van der Waals surface area contributed by atoms with Gasteiger partial charge < -0.3 is 0 Å². The van der Waals surface area contributed by atoms with Gasteiger partial charge in [0, 0.05) is 27.4 Å². The molecule has 0 radical (unpaired) electrons. The summed E-state index contributed by atoms with van der Waals surface area (Å²) in [4.78, 5) is 0. The first-order chi connectivity index (χ1) is 1.41. The van der Waals surface area contributed by atoms with Crippen LogP contribution in [0.3, 0.4) is 0 Å². The van der Waals surface area contributed by atoms with E-state index in [9.17, 15) is 0 Å². The quantitative estimate of drug-likeness (QED) is 0.356. The van der Waals surface area contributed by atoms with Crippen molar-refractivity contribution in [1.29, 1.82) is 5.26 Å². The van der Waals surface area contributed by atoms with E-state index in [0.717, 1.165) is 0 Å². The average molecular weight is 105 g/mol. The zero-order valence-electron chi connectivity index (χ0n) is 2.45. The molecule has 0 bridgehead atoms. The van der Waals surface area contributed by atoms with Crippen molar-refractivity contribution < 1.29 is 21.7 Å². The molecule has 4 heavy (non-hydrogen) atoms. The number of hydrogen-bond donors (Lipinski definition) is 0. The summed E-state index contributed by atoms with van der Waals surface area (Å²) in [6.07, 6.45) is 0. The number of hydrogen-bond acceptors (Lipinski definition) is 1. The van der Waals surface area contributed by atoms with Crippen molar-refractivity contribution in [3.8, 4) is 5.69 Å². The molecule has 20 valence electrons. The monoisotopic (exact) mass is 105 g/mol. The summed E-state index contributed by atoms with van der Waals surface area (Å²) in [6, 6.07) is 0. The first-order valence-corrected chi connectivity index (χ1v) is 1.72. The van der Waals surface area contributed by atoms with Gasteiger partial charge in [0.05, 0.1) is 0 Å². The number of nitrogens with zero attached hydrogens (tertiary/aromatic N) is 1. The van der Waals surface area contributed by atoms with E-state index in [2.05, 4.69) is 0 Å². The second-order valence-corrected chi connectivity index (χ2v) is 0.671. The van der Waals surface area contributed by atoms with Gasteiger partial charge in [0.15, 0.2) is 0 Å². The van der Waals surface area contributed by atoms with Crippen molar-refractivity contribution in [3.63, 3.8) is 0 Å². The van der Waals surface area contributed by atoms with Crippen LogP contribution in [-0.4, -0.2) is 10.2 Å². The van der Waals surface area contributed by atoms with E-state index in [0.29, 0.717) is 10.2 Å². The molecule has 0 saturated carbocycles. The molecule has 0 N–H and O–H groups in total. The van der Waals surface area contributed by atoms with Crippen LogP contribution in [0.25, 0.3) is 0 Å². The van der Waals surface area contributed by atoms with Crippen molar-refractivity contribution in [1.82, 2.24) is 0 Å². The van der Waals surface area contributed by atoms with Crippen molar-refractivity contribution in [2.24, 2.45) is 0 Å². The molecule has 0 saturated heterocycles. The third kappa shape index (κ3) is 27.6. The van der Waals surface area contributed by atoms with Gasteiger partial charge in [-0.25, -0.2) is 5.26 Å². The van der Waals surface area contributed by atoms with Gasteiger partial charge in [-0.3, -0.25) is 0 Å². The zero-order valence-corrected chi connectivity index (χ0v) is 6.01. The summed E-state index contributed by atoms with van der Waals surface area (Å²) < 4.78 is 0. The summed E-state index contributed by atoms with van der Waals surface area (Å²) in [5, 5.41) is 7.38. The summed E-state index contributed by atoms with van der Waals surface area (Å²) in [7, 11) is 0.674. The molecule has 3 heteroatoms. The molecule has 0 spiro atoms. The van der Waals surface area contributed by atoms with E-state index < -0.39 is 0 Å². The van der Waals surface area contributed by atoms with E-state index >= 15 is 0 Å². The number of nitriles is 1. The molecule has 0 amide bonds. The van der Waals surface area contributed by atoms with Crippen LogP contribution in [0.2, 0.25) is 0 Å². The molecule has 0 aromatic rings. The zero-order chi connectivity index (χ0) is 2.71. The average Bonchev–Trinajstić information content (AvgIpc) is 0.918. The largest absolute Gasteiger partial charge is 0.208 e. The van der Waals surface area contributed by atoms with Crippen molar-refractivity contribution >= 4 is 10.2 Å². The van der Waals surface area contributed by atoms with Crippen LogP contribution in [0.15, 0.2) is 0 Å². The van der Waals surface area contributed by atoms with Gasteiger partial charge in [0.25, 0.3) is 0 Å². The van der Waals surface area contributed by atoms with Crippen LogP contribution in [0.1, 0.15) is 0 Å². The molecule has 0 heterocycles. The van der Waals surface area contributed by atoms with Gasteiger partial charge in [0.1, 0.15) is 10.2 Å². The number of rotatable bonds is 0. The van der Waals surface area contributed by atoms with Crippen LogP contribution in [0.5, 0.6) is 0 Å². The SMILES string of the molecule is N#C[SiH3].[Ti]. The molecule has 0 aliphatic rings. The van der Waals surface area contributed by atoms with Crippen molar-refractivity contribution in [2.75, 3.05) is 0 Å². The molecular formula is CH3NSiTi. The third-order valence-corrected chi connectivity index (χ3v) is 0. The topological polar surface area (TPSA) is 23.8 Å². The molecule has 0 aliphatic heterocycles. The summed E-state index contributed by atoms with van der Waals surface area (Å²) >= 11 is 0. The Labute approximate surface area is 43.3 Å². The fourth-order valence-electron chi connectivity index (χ4n) is 0. The van der Waals surface area contributed by atoms with Gasteiger partial charge in [-0.05, 0) is 0 Å². The second-order valence-electron chi connectivity index (χ2n) is 0.224. The summed E-state index contributed by atoms with van der Waals surface area (Å²) in [5.41, 5.74) is 1.89. The van der Waals surface area contributed by atoms with Gasteiger partial charge in [0.2, 0.25) is 0 Å². The molecular weight excluding hydrogens is 102 g/mol. The van der Waals surface area contributed by atoms with Gasteiger partial charge in [-0.2, -0.15) is 0 Å².